The van der Waals surface area contributed by atoms with Gasteiger partial charge in [-0.3, -0.25) is 4.79 Å². The van der Waals surface area contributed by atoms with Crippen molar-refractivity contribution < 1.29 is 4.79 Å². The zero-order valence-electron chi connectivity index (χ0n) is 7.07. The second-order valence-electron chi connectivity index (χ2n) is 2.51. The summed E-state index contributed by atoms with van der Waals surface area (Å²) in [7, 11) is 0. The van der Waals surface area contributed by atoms with E-state index >= 15 is 0 Å². The van der Waals surface area contributed by atoms with Crippen molar-refractivity contribution in [2.45, 2.75) is 19.4 Å². The van der Waals surface area contributed by atoms with E-state index in [9.17, 15) is 4.79 Å². The first-order valence-electron chi connectivity index (χ1n) is 3.73. The van der Waals surface area contributed by atoms with Crippen LogP contribution in [0.5, 0.6) is 0 Å². The molecular formula is C6H10BrN5O. The van der Waals surface area contributed by atoms with Gasteiger partial charge in [-0.15, -0.1) is 5.10 Å². The Labute approximate surface area is 83.4 Å². The standard InChI is InChI=1S/C6H10BrN5O/c1-2-3(4(8)13)12-5(7)10-6(9)11-12/h3H,2H2,1H3,(H2,8,13)(H2,9,11). The number of nitrogen functional groups attached to an aromatic ring is 1. The summed E-state index contributed by atoms with van der Waals surface area (Å²) in [5.74, 6) is -0.334. The summed E-state index contributed by atoms with van der Waals surface area (Å²) < 4.78 is 1.79. The lowest BCUT2D eigenvalue weighted by Gasteiger charge is -2.10. The van der Waals surface area contributed by atoms with E-state index < -0.39 is 11.9 Å². The number of halogens is 1. The molecule has 0 aliphatic rings. The molecule has 0 aromatic carbocycles. The van der Waals surface area contributed by atoms with Crippen LogP contribution < -0.4 is 11.5 Å². The molecule has 0 aliphatic carbocycles. The van der Waals surface area contributed by atoms with Crippen LogP contribution in [0.3, 0.4) is 0 Å². The lowest BCUT2D eigenvalue weighted by atomic mass is 10.2. The minimum absolute atomic E-state index is 0.117. The molecule has 0 fully saturated rings. The van der Waals surface area contributed by atoms with Crippen LogP contribution in [0.15, 0.2) is 4.73 Å². The summed E-state index contributed by atoms with van der Waals surface area (Å²) in [5, 5.41) is 3.84. The Bertz CT molecular complexity index is 323. The van der Waals surface area contributed by atoms with Crippen molar-refractivity contribution in [3.63, 3.8) is 0 Å². The third-order valence-electron chi connectivity index (χ3n) is 1.62. The quantitative estimate of drug-likeness (QED) is 0.789. The number of carbonyl (C=O) groups excluding carboxylic acids is 1. The largest absolute Gasteiger partial charge is 0.368 e. The van der Waals surface area contributed by atoms with Crippen molar-refractivity contribution in [1.82, 2.24) is 14.8 Å². The molecule has 0 bridgehead atoms. The van der Waals surface area contributed by atoms with E-state index in [1.165, 1.54) is 4.68 Å². The van der Waals surface area contributed by atoms with E-state index in [0.717, 1.165) is 0 Å². The first-order chi connectivity index (χ1) is 6.06. The summed E-state index contributed by atoms with van der Waals surface area (Å²) >= 11 is 3.13. The number of amides is 1. The number of nitrogens with two attached hydrogens (primary N) is 2. The second kappa shape index (κ2) is 3.73. The van der Waals surface area contributed by atoms with E-state index in [-0.39, 0.29) is 5.95 Å². The maximum atomic E-state index is 11.0. The molecule has 72 valence electrons. The highest BCUT2D eigenvalue weighted by molar-refractivity contribution is 9.10. The van der Waals surface area contributed by atoms with Crippen LogP contribution in [-0.2, 0) is 4.79 Å². The van der Waals surface area contributed by atoms with Crippen molar-refractivity contribution >= 4 is 27.8 Å². The maximum Gasteiger partial charge on any atom is 0.242 e. The number of hydrogen-bond acceptors (Lipinski definition) is 4. The van der Waals surface area contributed by atoms with Gasteiger partial charge in [-0.05, 0) is 22.4 Å². The fraction of sp³-hybridized carbons (Fsp3) is 0.500. The average Bonchev–Trinajstić information content (AvgIpc) is 2.31. The van der Waals surface area contributed by atoms with Crippen LogP contribution in [0.1, 0.15) is 19.4 Å². The van der Waals surface area contributed by atoms with Crippen molar-refractivity contribution in [2.24, 2.45) is 5.73 Å². The maximum absolute atomic E-state index is 11.0. The van der Waals surface area contributed by atoms with Crippen LogP contribution in [0.4, 0.5) is 5.95 Å². The van der Waals surface area contributed by atoms with E-state index in [0.29, 0.717) is 11.2 Å². The van der Waals surface area contributed by atoms with E-state index in [2.05, 4.69) is 26.0 Å². The van der Waals surface area contributed by atoms with E-state index in [1.54, 1.807) is 0 Å². The van der Waals surface area contributed by atoms with Crippen LogP contribution in [0.25, 0.3) is 0 Å². The van der Waals surface area contributed by atoms with Gasteiger partial charge in [0.05, 0.1) is 0 Å². The minimum atomic E-state index is -0.501. The summed E-state index contributed by atoms with van der Waals surface area (Å²) in [6.07, 6.45) is 0.552. The van der Waals surface area contributed by atoms with Crippen LogP contribution >= 0.6 is 15.9 Å². The zero-order valence-corrected chi connectivity index (χ0v) is 8.65. The van der Waals surface area contributed by atoms with Crippen LogP contribution in [0, 0.1) is 0 Å². The van der Waals surface area contributed by atoms with Crippen molar-refractivity contribution in [3.05, 3.63) is 4.73 Å². The van der Waals surface area contributed by atoms with Gasteiger partial charge in [-0.2, -0.15) is 4.98 Å². The Morgan fingerprint density at radius 1 is 1.77 bits per heavy atom. The summed E-state index contributed by atoms with van der Waals surface area (Å²) in [5.41, 5.74) is 10.5. The molecule has 0 saturated heterocycles. The smallest absolute Gasteiger partial charge is 0.242 e. The third kappa shape index (κ3) is 1.97. The Morgan fingerprint density at radius 2 is 2.38 bits per heavy atom. The van der Waals surface area contributed by atoms with Gasteiger partial charge in [-0.25, -0.2) is 4.68 Å². The Morgan fingerprint density at radius 3 is 2.69 bits per heavy atom. The van der Waals surface area contributed by atoms with Gasteiger partial charge in [0.25, 0.3) is 0 Å². The number of rotatable bonds is 3. The highest BCUT2D eigenvalue weighted by Gasteiger charge is 2.19. The highest BCUT2D eigenvalue weighted by atomic mass is 79.9. The number of nitrogens with zero attached hydrogens (tertiary/aromatic N) is 3. The Kier molecular flexibility index (Phi) is 2.86. The number of aromatic nitrogens is 3. The van der Waals surface area contributed by atoms with Gasteiger partial charge in [0.2, 0.25) is 11.9 Å². The van der Waals surface area contributed by atoms with Gasteiger partial charge in [0.15, 0.2) is 4.73 Å². The Hall–Kier alpha value is -1.11. The molecule has 4 N–H and O–H groups in total. The molecule has 13 heavy (non-hydrogen) atoms. The first kappa shape index (κ1) is 9.97. The fourth-order valence-electron chi connectivity index (χ4n) is 1.01. The van der Waals surface area contributed by atoms with Crippen molar-refractivity contribution in [3.8, 4) is 0 Å². The van der Waals surface area contributed by atoms with Crippen LogP contribution in [-0.4, -0.2) is 20.7 Å². The minimum Gasteiger partial charge on any atom is -0.368 e. The average molecular weight is 248 g/mol. The number of hydrogen-bond donors (Lipinski definition) is 2. The van der Waals surface area contributed by atoms with Gasteiger partial charge in [0, 0.05) is 0 Å². The number of primary amides is 1. The van der Waals surface area contributed by atoms with Crippen molar-refractivity contribution in [2.75, 3.05) is 5.73 Å². The second-order valence-corrected chi connectivity index (χ2v) is 3.22. The normalized spacial score (nSPS) is 12.8. The molecule has 7 heteroatoms. The predicted octanol–water partition coefficient (Wildman–Crippen LogP) is 0.0592. The van der Waals surface area contributed by atoms with Gasteiger partial charge >= 0.3 is 0 Å². The molecular weight excluding hydrogens is 238 g/mol. The zero-order chi connectivity index (χ0) is 10.0. The third-order valence-corrected chi connectivity index (χ3v) is 2.16. The molecule has 0 saturated carbocycles. The number of anilines is 1. The van der Waals surface area contributed by atoms with Gasteiger partial charge in [-0.1, -0.05) is 6.92 Å². The highest BCUT2D eigenvalue weighted by Crippen LogP contribution is 2.17. The summed E-state index contributed by atoms with van der Waals surface area (Å²) in [6, 6.07) is -0.501. The lowest BCUT2D eigenvalue weighted by Crippen LogP contribution is -2.27. The fourth-order valence-corrected chi connectivity index (χ4v) is 1.52. The van der Waals surface area contributed by atoms with Crippen molar-refractivity contribution in [1.29, 1.82) is 0 Å². The molecule has 1 amide bonds. The molecule has 1 heterocycles. The topological polar surface area (TPSA) is 99.8 Å². The number of carbonyl (C=O) groups is 1. The van der Waals surface area contributed by atoms with Gasteiger partial charge < -0.3 is 11.5 Å². The molecule has 1 rings (SSSR count). The van der Waals surface area contributed by atoms with E-state index in [4.69, 9.17) is 11.5 Å². The Balaban J connectivity index is 3.04. The monoisotopic (exact) mass is 247 g/mol. The molecule has 1 aromatic heterocycles. The molecule has 1 unspecified atom stereocenters. The molecule has 0 spiro atoms. The first-order valence-corrected chi connectivity index (χ1v) is 4.52. The molecule has 6 nitrogen and oxygen atoms in total. The summed E-state index contributed by atoms with van der Waals surface area (Å²) in [4.78, 5) is 14.8. The molecule has 0 aliphatic heterocycles. The molecule has 1 atom stereocenters. The SMILES string of the molecule is CCC(C(N)=O)n1nc(N)nc1Br. The lowest BCUT2D eigenvalue weighted by molar-refractivity contribution is -0.121. The molecule has 1 aromatic rings. The van der Waals surface area contributed by atoms with Crippen LogP contribution in [0.2, 0.25) is 0 Å². The summed E-state index contributed by atoms with van der Waals surface area (Å²) in [6.45, 7) is 1.83. The predicted molar refractivity (Wildman–Crippen MR) is 50.7 cm³/mol. The molecule has 0 radical (unpaired) electrons. The van der Waals surface area contributed by atoms with Gasteiger partial charge in [0.1, 0.15) is 6.04 Å². The van der Waals surface area contributed by atoms with E-state index in [1.807, 2.05) is 6.92 Å².